The quantitative estimate of drug-likeness (QED) is 0.0732. The van der Waals surface area contributed by atoms with Gasteiger partial charge < -0.3 is 21.3 Å². The highest BCUT2D eigenvalue weighted by molar-refractivity contribution is 7.95. The van der Waals surface area contributed by atoms with Crippen molar-refractivity contribution < 1.29 is 26.4 Å². The van der Waals surface area contributed by atoms with Crippen LogP contribution >= 0.6 is 22.7 Å². The van der Waals surface area contributed by atoms with E-state index in [1.807, 2.05) is 24.3 Å². The summed E-state index contributed by atoms with van der Waals surface area (Å²) in [6.45, 7) is 0. The molecule has 0 radical (unpaired) electrons. The Kier molecular flexibility index (Phi) is 10.7. The molecule has 6 rings (SSSR count). The highest BCUT2D eigenvalue weighted by Crippen LogP contribution is 2.28. The molecule has 2 heterocycles. The van der Waals surface area contributed by atoms with Gasteiger partial charge in [0.2, 0.25) is 0 Å². The molecular formula is C35H30N6O6S4. The van der Waals surface area contributed by atoms with Crippen molar-refractivity contribution in [2.24, 2.45) is 0 Å². The molecular weight excluding hydrogens is 729 g/mol. The van der Waals surface area contributed by atoms with Gasteiger partial charge in [-0.25, -0.2) is 26.4 Å². The van der Waals surface area contributed by atoms with E-state index in [-0.39, 0.29) is 19.8 Å². The van der Waals surface area contributed by atoms with Gasteiger partial charge in [-0.15, -0.1) is 22.7 Å². The summed E-state index contributed by atoms with van der Waals surface area (Å²) in [5.74, 6) is 0. The van der Waals surface area contributed by atoms with Crippen LogP contribution in [0.15, 0.2) is 141 Å². The van der Waals surface area contributed by atoms with E-state index < -0.39 is 32.1 Å². The van der Waals surface area contributed by atoms with Crippen molar-refractivity contribution >= 4 is 88.9 Å². The van der Waals surface area contributed by atoms with E-state index in [1.165, 1.54) is 12.1 Å². The molecule has 0 aliphatic rings. The lowest BCUT2D eigenvalue weighted by Crippen LogP contribution is -2.21. The number of para-hydroxylation sites is 4. The first-order valence-corrected chi connectivity index (χ1v) is 19.9. The maximum Gasteiger partial charge on any atom is 0.323 e. The number of urea groups is 2. The second kappa shape index (κ2) is 15.5. The first-order valence-electron chi connectivity index (χ1n) is 15.2. The number of carbonyl (C=O) groups excluding carboxylic acids is 2. The molecule has 0 saturated carbocycles. The summed E-state index contributed by atoms with van der Waals surface area (Å²) < 4.78 is 56.1. The zero-order chi connectivity index (χ0) is 35.8. The monoisotopic (exact) mass is 758 g/mol. The Labute approximate surface area is 302 Å². The lowest BCUT2D eigenvalue weighted by Gasteiger charge is -2.14. The molecule has 6 N–H and O–H groups in total. The van der Waals surface area contributed by atoms with Gasteiger partial charge in [-0.2, -0.15) is 0 Å². The number of nitrogens with one attached hydrogen (secondary N) is 6. The molecule has 16 heteroatoms. The van der Waals surface area contributed by atoms with Crippen molar-refractivity contribution in [1.82, 2.24) is 0 Å². The first kappa shape index (κ1) is 35.2. The fraction of sp³-hybridized carbons (Fsp3) is 0.0286. The molecule has 0 unspecified atom stereocenters. The second-order valence-electron chi connectivity index (χ2n) is 10.9. The van der Waals surface area contributed by atoms with Crippen LogP contribution in [0, 0.1) is 0 Å². The molecule has 51 heavy (non-hydrogen) atoms. The fourth-order valence-corrected chi connectivity index (χ4v) is 8.95. The minimum Gasteiger partial charge on any atom is -0.308 e. The van der Waals surface area contributed by atoms with E-state index in [2.05, 4.69) is 30.7 Å². The van der Waals surface area contributed by atoms with Crippen LogP contribution in [-0.2, 0) is 26.5 Å². The van der Waals surface area contributed by atoms with Gasteiger partial charge in [0.15, 0.2) is 0 Å². The van der Waals surface area contributed by atoms with Crippen LogP contribution in [0.2, 0.25) is 0 Å². The Balaban J connectivity index is 1.00. The SMILES string of the molecule is O=C(Nc1ccc(Cc2ccc(NC(=O)Nc3ccccc3NS(=O)(=O)c3cccs3)cc2)cc1)Nc1ccccc1NS(=O)(=O)c1cccs1. The lowest BCUT2D eigenvalue weighted by molar-refractivity contribution is 0.261. The van der Waals surface area contributed by atoms with Gasteiger partial charge in [0.25, 0.3) is 20.0 Å². The zero-order valence-electron chi connectivity index (χ0n) is 26.5. The number of hydrogen-bond donors (Lipinski definition) is 6. The Bertz CT molecular complexity index is 2180. The van der Waals surface area contributed by atoms with Crippen molar-refractivity contribution in [3.8, 4) is 0 Å². The van der Waals surface area contributed by atoms with Gasteiger partial charge >= 0.3 is 12.1 Å². The Morgan fingerprint density at radius 3 is 1.18 bits per heavy atom. The average Bonchev–Trinajstić information content (AvgIpc) is 3.85. The molecule has 0 aliphatic heterocycles. The summed E-state index contributed by atoms with van der Waals surface area (Å²) in [7, 11) is -7.59. The summed E-state index contributed by atoms with van der Waals surface area (Å²) in [6.07, 6.45) is 0.592. The molecule has 4 aromatic carbocycles. The third kappa shape index (κ3) is 9.31. The predicted octanol–water partition coefficient (Wildman–Crippen LogP) is 8.29. The van der Waals surface area contributed by atoms with Crippen molar-refractivity contribution in [3.05, 3.63) is 143 Å². The van der Waals surface area contributed by atoms with Crippen molar-refractivity contribution in [1.29, 1.82) is 0 Å². The number of sulfonamides is 2. The van der Waals surface area contributed by atoms with E-state index in [0.717, 1.165) is 33.8 Å². The van der Waals surface area contributed by atoms with E-state index in [1.54, 1.807) is 95.7 Å². The van der Waals surface area contributed by atoms with E-state index in [4.69, 9.17) is 0 Å². The number of hydrogen-bond acceptors (Lipinski definition) is 8. The highest BCUT2D eigenvalue weighted by atomic mass is 32.3. The average molecular weight is 759 g/mol. The molecule has 2 aromatic heterocycles. The van der Waals surface area contributed by atoms with Crippen molar-refractivity contribution in [2.45, 2.75) is 14.8 Å². The molecule has 4 amide bonds. The van der Waals surface area contributed by atoms with Crippen LogP contribution in [0.25, 0.3) is 0 Å². The lowest BCUT2D eigenvalue weighted by atomic mass is 10.0. The van der Waals surface area contributed by atoms with Crippen LogP contribution in [0.3, 0.4) is 0 Å². The molecule has 0 aliphatic carbocycles. The summed E-state index contributed by atoms with van der Waals surface area (Å²) in [5.41, 5.74) is 4.11. The maximum absolute atomic E-state index is 12.8. The number of anilines is 6. The number of rotatable bonds is 12. The van der Waals surface area contributed by atoms with Gasteiger partial charge in [-0.3, -0.25) is 9.44 Å². The zero-order valence-corrected chi connectivity index (χ0v) is 29.8. The first-order chi connectivity index (χ1) is 24.5. The fourth-order valence-electron chi connectivity index (χ4n) is 4.80. The molecule has 0 fully saturated rings. The number of carbonyl (C=O) groups is 2. The largest absolute Gasteiger partial charge is 0.323 e. The van der Waals surface area contributed by atoms with Gasteiger partial charge in [0.1, 0.15) is 8.42 Å². The predicted molar refractivity (Wildman–Crippen MR) is 204 cm³/mol. The molecule has 0 bridgehead atoms. The van der Waals surface area contributed by atoms with Crippen LogP contribution in [0.5, 0.6) is 0 Å². The number of amides is 4. The van der Waals surface area contributed by atoms with Gasteiger partial charge in [-0.05, 0) is 89.0 Å². The van der Waals surface area contributed by atoms with Crippen molar-refractivity contribution in [2.75, 3.05) is 30.7 Å². The minimum atomic E-state index is -3.79. The Hall–Kier alpha value is -5.68. The molecule has 0 saturated heterocycles. The van der Waals surface area contributed by atoms with Crippen LogP contribution in [0.4, 0.5) is 43.7 Å². The number of thiophene rings is 2. The van der Waals surface area contributed by atoms with Gasteiger partial charge in [0, 0.05) is 11.4 Å². The third-order valence-corrected chi connectivity index (χ3v) is 12.7. The molecule has 0 atom stereocenters. The van der Waals surface area contributed by atoms with Gasteiger partial charge in [0.05, 0.1) is 22.7 Å². The Morgan fingerprint density at radius 2 is 0.824 bits per heavy atom. The summed E-state index contributed by atoms with van der Waals surface area (Å²) in [4.78, 5) is 25.5. The third-order valence-electron chi connectivity index (χ3n) is 7.19. The van der Waals surface area contributed by atoms with Crippen LogP contribution < -0.4 is 30.7 Å². The van der Waals surface area contributed by atoms with Crippen molar-refractivity contribution in [3.63, 3.8) is 0 Å². The van der Waals surface area contributed by atoms with Gasteiger partial charge in [-0.1, -0.05) is 60.7 Å². The normalized spacial score (nSPS) is 11.3. The smallest absolute Gasteiger partial charge is 0.308 e. The van der Waals surface area contributed by atoms with Crippen LogP contribution in [-0.4, -0.2) is 28.9 Å². The standard InChI is InChI=1S/C35H30N6O6S4/c42-34(38-28-7-1-3-9-30(28)40-50(44,45)32-11-5-21-48-32)36-26-17-13-24(14-18-26)23-25-15-19-27(20-16-25)37-35(43)39-29-8-2-4-10-31(29)41-51(46,47)33-12-6-22-49-33/h1-22,40-41H,23H2,(H2,36,38,42)(H2,37,39,43). The maximum atomic E-state index is 12.8. The summed E-state index contributed by atoms with van der Waals surface area (Å²) >= 11 is 2.18. The molecule has 12 nitrogen and oxygen atoms in total. The van der Waals surface area contributed by atoms with Crippen LogP contribution in [0.1, 0.15) is 11.1 Å². The Morgan fingerprint density at radius 1 is 0.451 bits per heavy atom. The second-order valence-corrected chi connectivity index (χ2v) is 16.6. The topological polar surface area (TPSA) is 175 Å². The molecule has 260 valence electrons. The summed E-state index contributed by atoms with van der Waals surface area (Å²) in [6, 6.07) is 32.8. The molecule has 6 aromatic rings. The minimum absolute atomic E-state index is 0.163. The van der Waals surface area contributed by atoms with E-state index in [0.29, 0.717) is 29.2 Å². The summed E-state index contributed by atoms with van der Waals surface area (Å²) in [5, 5.41) is 14.2. The van der Waals surface area contributed by atoms with E-state index >= 15 is 0 Å². The highest BCUT2D eigenvalue weighted by Gasteiger charge is 2.19. The number of benzene rings is 4. The van der Waals surface area contributed by atoms with E-state index in [9.17, 15) is 26.4 Å². The molecule has 0 spiro atoms.